The second-order valence-electron chi connectivity index (χ2n) is 4.29. The first kappa shape index (κ1) is 19.6. The molecule has 0 radical (unpaired) electrons. The maximum absolute atomic E-state index is 11.7. The topological polar surface area (TPSA) is 63.2 Å². The summed E-state index contributed by atoms with van der Waals surface area (Å²) in [5.41, 5.74) is 0.943. The van der Waals surface area contributed by atoms with Crippen molar-refractivity contribution < 1.29 is 9.53 Å². The molecule has 116 valence electrons. The number of morpholine rings is 1. The van der Waals surface area contributed by atoms with Crippen LogP contribution in [0.25, 0.3) is 0 Å². The van der Waals surface area contributed by atoms with E-state index in [1.807, 2.05) is 5.38 Å². The van der Waals surface area contributed by atoms with Crippen molar-refractivity contribution in [2.75, 3.05) is 19.8 Å². The van der Waals surface area contributed by atoms with Gasteiger partial charge in [0.1, 0.15) is 0 Å². The number of carbonyl (C=O) groups is 1. The molecule has 5 nitrogen and oxygen atoms in total. The molecular formula is C12H21Cl2N3O2S. The Labute approximate surface area is 135 Å². The van der Waals surface area contributed by atoms with E-state index in [0.717, 1.165) is 30.3 Å². The average Bonchev–Trinajstić information content (AvgIpc) is 2.85. The number of nitrogens with one attached hydrogen (secondary N) is 2. The summed E-state index contributed by atoms with van der Waals surface area (Å²) in [6, 6.07) is 0.139. The van der Waals surface area contributed by atoms with Crippen LogP contribution in [0, 0.1) is 0 Å². The van der Waals surface area contributed by atoms with Gasteiger partial charge in [0.25, 0.3) is 0 Å². The fourth-order valence-electron chi connectivity index (χ4n) is 1.83. The number of amides is 1. The zero-order valence-electron chi connectivity index (χ0n) is 11.4. The molecule has 1 saturated heterocycles. The minimum Gasteiger partial charge on any atom is -0.378 e. The Hall–Kier alpha value is -0.400. The third-order valence-corrected chi connectivity index (χ3v) is 3.84. The molecule has 1 aromatic heterocycles. The summed E-state index contributed by atoms with van der Waals surface area (Å²) in [6.07, 6.45) is 1.41. The van der Waals surface area contributed by atoms with Crippen LogP contribution in [0.3, 0.4) is 0 Å². The molecule has 1 amide bonds. The van der Waals surface area contributed by atoms with Crippen molar-refractivity contribution >= 4 is 42.1 Å². The molecular weight excluding hydrogens is 321 g/mol. The zero-order chi connectivity index (χ0) is 12.8. The highest BCUT2D eigenvalue weighted by Gasteiger charge is 2.16. The molecule has 20 heavy (non-hydrogen) atoms. The highest BCUT2D eigenvalue weighted by Crippen LogP contribution is 2.09. The normalized spacial score (nSPS) is 17.8. The van der Waals surface area contributed by atoms with Crippen LogP contribution in [0.5, 0.6) is 0 Å². The number of thiazole rings is 1. The second kappa shape index (κ2) is 10.3. The molecule has 1 atom stereocenters. The van der Waals surface area contributed by atoms with Gasteiger partial charge in [-0.2, -0.15) is 0 Å². The van der Waals surface area contributed by atoms with Crippen LogP contribution in [0.2, 0.25) is 0 Å². The zero-order valence-corrected chi connectivity index (χ0v) is 13.8. The largest absolute Gasteiger partial charge is 0.378 e. The van der Waals surface area contributed by atoms with E-state index in [1.165, 1.54) is 0 Å². The lowest BCUT2D eigenvalue weighted by Crippen LogP contribution is -2.44. The van der Waals surface area contributed by atoms with Gasteiger partial charge in [0, 0.05) is 24.4 Å². The minimum absolute atomic E-state index is 0. The van der Waals surface area contributed by atoms with Crippen molar-refractivity contribution in [1.29, 1.82) is 0 Å². The number of nitrogens with zero attached hydrogens (tertiary/aromatic N) is 1. The van der Waals surface area contributed by atoms with Gasteiger partial charge in [-0.15, -0.1) is 36.2 Å². The van der Waals surface area contributed by atoms with Gasteiger partial charge < -0.3 is 15.4 Å². The standard InChI is InChI=1S/C12H19N3O2S.2ClH/c1-2-12-15-10(8-18-12)6-14-11(16)5-9-7-17-4-3-13-9;;/h8-9,13H,2-7H2,1H3,(H,14,16);2*1H. The smallest absolute Gasteiger partial charge is 0.221 e. The Kier molecular flexibility index (Phi) is 10.1. The fourth-order valence-corrected chi connectivity index (χ4v) is 2.57. The van der Waals surface area contributed by atoms with Crippen LogP contribution in [0.4, 0.5) is 0 Å². The summed E-state index contributed by atoms with van der Waals surface area (Å²) in [7, 11) is 0. The molecule has 1 unspecified atom stereocenters. The number of ether oxygens (including phenoxy) is 1. The molecule has 2 N–H and O–H groups in total. The van der Waals surface area contributed by atoms with Crippen molar-refractivity contribution in [3.8, 4) is 0 Å². The number of halogens is 2. The summed E-state index contributed by atoms with van der Waals surface area (Å²) in [5, 5.41) is 9.27. The molecule has 2 heterocycles. The molecule has 2 rings (SSSR count). The van der Waals surface area contributed by atoms with E-state index in [4.69, 9.17) is 4.74 Å². The second-order valence-corrected chi connectivity index (χ2v) is 5.24. The van der Waals surface area contributed by atoms with Crippen molar-refractivity contribution in [2.24, 2.45) is 0 Å². The Bertz CT molecular complexity index is 398. The SMILES string of the molecule is CCc1nc(CNC(=O)CC2COCCN2)cs1.Cl.Cl. The van der Waals surface area contributed by atoms with E-state index in [1.54, 1.807) is 11.3 Å². The van der Waals surface area contributed by atoms with Crippen LogP contribution < -0.4 is 10.6 Å². The van der Waals surface area contributed by atoms with E-state index in [9.17, 15) is 4.79 Å². The Morgan fingerprint density at radius 1 is 1.60 bits per heavy atom. The highest BCUT2D eigenvalue weighted by molar-refractivity contribution is 7.09. The molecule has 1 aliphatic heterocycles. The number of hydrogen-bond donors (Lipinski definition) is 2. The van der Waals surface area contributed by atoms with Gasteiger partial charge in [-0.25, -0.2) is 4.98 Å². The maximum atomic E-state index is 11.7. The van der Waals surface area contributed by atoms with Gasteiger partial charge in [0.05, 0.1) is 30.5 Å². The van der Waals surface area contributed by atoms with Gasteiger partial charge in [-0.1, -0.05) is 6.92 Å². The summed E-state index contributed by atoms with van der Waals surface area (Å²) in [6.45, 7) is 4.77. The number of aromatic nitrogens is 1. The minimum atomic E-state index is 0. The van der Waals surface area contributed by atoms with Crippen molar-refractivity contribution in [3.63, 3.8) is 0 Å². The molecule has 8 heteroatoms. The summed E-state index contributed by atoms with van der Waals surface area (Å²) in [5.74, 6) is 0.0454. The molecule has 0 saturated carbocycles. The first-order valence-corrected chi connectivity index (χ1v) is 7.17. The predicted molar refractivity (Wildman–Crippen MR) is 85.1 cm³/mol. The maximum Gasteiger partial charge on any atom is 0.221 e. The number of carbonyl (C=O) groups excluding carboxylic acids is 1. The lowest BCUT2D eigenvalue weighted by Gasteiger charge is -2.23. The van der Waals surface area contributed by atoms with Gasteiger partial charge in [-0.3, -0.25) is 4.79 Å². The number of hydrogen-bond acceptors (Lipinski definition) is 5. The van der Waals surface area contributed by atoms with Crippen molar-refractivity contribution in [3.05, 3.63) is 16.1 Å². The van der Waals surface area contributed by atoms with Gasteiger partial charge in [0.15, 0.2) is 0 Å². The predicted octanol–water partition coefficient (Wildman–Crippen LogP) is 1.54. The van der Waals surface area contributed by atoms with Gasteiger partial charge in [-0.05, 0) is 6.42 Å². The summed E-state index contributed by atoms with van der Waals surface area (Å²) < 4.78 is 5.31. The Balaban J connectivity index is 0.00000180. The molecule has 0 aromatic carbocycles. The highest BCUT2D eigenvalue weighted by atomic mass is 35.5. The van der Waals surface area contributed by atoms with E-state index < -0.39 is 0 Å². The average molecular weight is 342 g/mol. The van der Waals surface area contributed by atoms with E-state index in [-0.39, 0.29) is 36.8 Å². The van der Waals surface area contributed by atoms with Crippen LogP contribution in [0.15, 0.2) is 5.38 Å². The first-order chi connectivity index (χ1) is 8.78. The van der Waals surface area contributed by atoms with E-state index >= 15 is 0 Å². The van der Waals surface area contributed by atoms with Crippen molar-refractivity contribution in [2.45, 2.75) is 32.4 Å². The molecule has 1 aliphatic rings. The monoisotopic (exact) mass is 341 g/mol. The summed E-state index contributed by atoms with van der Waals surface area (Å²) >= 11 is 1.64. The van der Waals surface area contributed by atoms with E-state index in [2.05, 4.69) is 22.5 Å². The lowest BCUT2D eigenvalue weighted by atomic mass is 10.2. The van der Waals surface area contributed by atoms with Gasteiger partial charge in [0.2, 0.25) is 5.91 Å². The third-order valence-electron chi connectivity index (χ3n) is 2.80. The van der Waals surface area contributed by atoms with Crippen LogP contribution in [-0.4, -0.2) is 36.7 Å². The molecule has 0 spiro atoms. The van der Waals surface area contributed by atoms with Crippen molar-refractivity contribution in [1.82, 2.24) is 15.6 Å². The fraction of sp³-hybridized carbons (Fsp3) is 0.667. The number of aryl methyl sites for hydroxylation is 1. The molecule has 0 bridgehead atoms. The molecule has 1 fully saturated rings. The number of rotatable bonds is 5. The summed E-state index contributed by atoms with van der Waals surface area (Å²) in [4.78, 5) is 16.1. The lowest BCUT2D eigenvalue weighted by molar-refractivity contribution is -0.122. The van der Waals surface area contributed by atoms with Crippen LogP contribution in [0.1, 0.15) is 24.0 Å². The van der Waals surface area contributed by atoms with Gasteiger partial charge >= 0.3 is 0 Å². The molecule has 1 aromatic rings. The quantitative estimate of drug-likeness (QED) is 0.852. The first-order valence-electron chi connectivity index (χ1n) is 6.29. The van der Waals surface area contributed by atoms with Crippen LogP contribution in [-0.2, 0) is 22.5 Å². The van der Waals surface area contributed by atoms with E-state index in [0.29, 0.717) is 19.6 Å². The Morgan fingerprint density at radius 3 is 3.00 bits per heavy atom. The van der Waals surface area contributed by atoms with Crippen LogP contribution >= 0.6 is 36.2 Å². The Morgan fingerprint density at radius 2 is 2.40 bits per heavy atom. The third kappa shape index (κ3) is 6.37. The molecule has 0 aliphatic carbocycles.